The number of thiazole rings is 1. The number of fused-ring (bicyclic) bond motifs is 1. The number of hydrogen-bond acceptors (Lipinski definition) is 5. The standard InChI is InChI=1S/C20H17F3N2O4S/c1-3-29-14-8-5-9-15-17(14)25(11-16(26)28-2)19(30-15)24-18(27)12-6-4-7-13(10-12)20(21,22)23/h4-10H,3,11H2,1-2H3. The Morgan fingerprint density at radius 2 is 1.90 bits per heavy atom. The van der Waals surface area contributed by atoms with Crippen molar-refractivity contribution >= 4 is 33.4 Å². The fourth-order valence-corrected chi connectivity index (χ4v) is 3.82. The van der Waals surface area contributed by atoms with Gasteiger partial charge in [0.25, 0.3) is 5.91 Å². The molecule has 0 bridgehead atoms. The molecule has 0 saturated heterocycles. The van der Waals surface area contributed by atoms with Crippen LogP contribution in [0.1, 0.15) is 22.8 Å². The average Bonchev–Trinajstić information content (AvgIpc) is 3.05. The number of methoxy groups -OCH3 is 1. The predicted molar refractivity (Wildman–Crippen MR) is 104 cm³/mol. The summed E-state index contributed by atoms with van der Waals surface area (Å²) in [5, 5.41) is 0. The van der Waals surface area contributed by atoms with Gasteiger partial charge in [-0.15, -0.1) is 0 Å². The van der Waals surface area contributed by atoms with Crippen molar-refractivity contribution in [1.29, 1.82) is 0 Å². The molecule has 6 nitrogen and oxygen atoms in total. The van der Waals surface area contributed by atoms with Gasteiger partial charge < -0.3 is 14.0 Å². The fourth-order valence-electron chi connectivity index (χ4n) is 2.78. The molecule has 0 radical (unpaired) electrons. The number of esters is 1. The topological polar surface area (TPSA) is 69.9 Å². The molecule has 1 aromatic heterocycles. The number of benzene rings is 2. The Bertz CT molecular complexity index is 1160. The monoisotopic (exact) mass is 438 g/mol. The summed E-state index contributed by atoms with van der Waals surface area (Å²) >= 11 is 1.11. The maximum Gasteiger partial charge on any atom is 0.416 e. The Morgan fingerprint density at radius 3 is 2.57 bits per heavy atom. The minimum atomic E-state index is -4.58. The third-order valence-corrected chi connectivity index (χ3v) is 5.16. The highest BCUT2D eigenvalue weighted by atomic mass is 32.1. The van der Waals surface area contributed by atoms with Gasteiger partial charge in [-0.05, 0) is 37.3 Å². The average molecular weight is 438 g/mol. The molecule has 2 aromatic carbocycles. The highest BCUT2D eigenvalue weighted by Gasteiger charge is 2.31. The lowest BCUT2D eigenvalue weighted by atomic mass is 10.1. The molecule has 10 heteroatoms. The first-order chi connectivity index (χ1) is 14.2. The maximum absolute atomic E-state index is 13.0. The summed E-state index contributed by atoms with van der Waals surface area (Å²) in [6, 6.07) is 9.26. The van der Waals surface area contributed by atoms with Crippen LogP contribution in [0.2, 0.25) is 0 Å². The van der Waals surface area contributed by atoms with Crippen molar-refractivity contribution < 1.29 is 32.2 Å². The van der Waals surface area contributed by atoms with Crippen molar-refractivity contribution in [2.75, 3.05) is 13.7 Å². The summed E-state index contributed by atoms with van der Waals surface area (Å²) < 4.78 is 51.3. The lowest BCUT2D eigenvalue weighted by molar-refractivity contribution is -0.141. The Balaban J connectivity index is 2.16. The summed E-state index contributed by atoms with van der Waals surface area (Å²) in [5.74, 6) is -0.943. The number of carbonyl (C=O) groups excluding carboxylic acids is 2. The molecular weight excluding hydrogens is 421 g/mol. The van der Waals surface area contributed by atoms with Gasteiger partial charge in [-0.25, -0.2) is 0 Å². The van der Waals surface area contributed by atoms with Crippen LogP contribution in [0.25, 0.3) is 10.2 Å². The number of ether oxygens (including phenoxy) is 2. The highest BCUT2D eigenvalue weighted by molar-refractivity contribution is 7.16. The third kappa shape index (κ3) is 4.54. The van der Waals surface area contributed by atoms with Gasteiger partial charge in [-0.1, -0.05) is 23.5 Å². The zero-order chi connectivity index (χ0) is 21.9. The third-order valence-electron chi connectivity index (χ3n) is 4.11. The molecule has 3 rings (SSSR count). The zero-order valence-corrected chi connectivity index (χ0v) is 16.8. The summed E-state index contributed by atoms with van der Waals surface area (Å²) in [5.41, 5.74) is -0.608. The molecule has 30 heavy (non-hydrogen) atoms. The summed E-state index contributed by atoms with van der Waals surface area (Å²) in [6.45, 7) is 1.94. The first kappa shape index (κ1) is 21.6. The van der Waals surface area contributed by atoms with Crippen molar-refractivity contribution in [3.05, 3.63) is 58.4 Å². The molecule has 158 valence electrons. The molecule has 0 fully saturated rings. The number of nitrogens with zero attached hydrogens (tertiary/aromatic N) is 2. The molecule has 1 heterocycles. The van der Waals surface area contributed by atoms with E-state index in [-0.39, 0.29) is 16.9 Å². The molecule has 3 aromatic rings. The molecule has 0 N–H and O–H groups in total. The van der Waals surface area contributed by atoms with Crippen LogP contribution in [-0.2, 0) is 22.3 Å². The van der Waals surface area contributed by atoms with E-state index in [0.29, 0.717) is 22.6 Å². The van der Waals surface area contributed by atoms with Crippen molar-refractivity contribution in [2.24, 2.45) is 4.99 Å². The van der Waals surface area contributed by atoms with Crippen molar-refractivity contribution in [2.45, 2.75) is 19.6 Å². The van der Waals surface area contributed by atoms with E-state index >= 15 is 0 Å². The van der Waals surface area contributed by atoms with Crippen LogP contribution >= 0.6 is 11.3 Å². The second-order valence-electron chi connectivity index (χ2n) is 6.08. The number of rotatable bonds is 5. The number of halogens is 3. The van der Waals surface area contributed by atoms with Crippen LogP contribution < -0.4 is 9.54 Å². The summed E-state index contributed by atoms with van der Waals surface area (Å²) in [4.78, 5) is 28.7. The van der Waals surface area contributed by atoms with Crippen molar-refractivity contribution in [1.82, 2.24) is 4.57 Å². The molecule has 0 aliphatic carbocycles. The van der Waals surface area contributed by atoms with Crippen LogP contribution in [0.5, 0.6) is 5.75 Å². The van der Waals surface area contributed by atoms with Gasteiger partial charge in [0.2, 0.25) is 0 Å². The largest absolute Gasteiger partial charge is 0.492 e. The number of aromatic nitrogens is 1. The molecule has 0 aliphatic heterocycles. The molecule has 0 aliphatic rings. The maximum atomic E-state index is 13.0. The van der Waals surface area contributed by atoms with Gasteiger partial charge in [-0.2, -0.15) is 18.2 Å². The van der Waals surface area contributed by atoms with Gasteiger partial charge >= 0.3 is 12.1 Å². The lowest BCUT2D eigenvalue weighted by Crippen LogP contribution is -2.22. The van der Waals surface area contributed by atoms with Gasteiger partial charge in [0, 0.05) is 5.56 Å². The minimum Gasteiger partial charge on any atom is -0.492 e. The first-order valence-electron chi connectivity index (χ1n) is 8.83. The number of amides is 1. The summed E-state index contributed by atoms with van der Waals surface area (Å²) in [7, 11) is 1.23. The second-order valence-corrected chi connectivity index (χ2v) is 7.09. The Hall–Kier alpha value is -3.14. The highest BCUT2D eigenvalue weighted by Crippen LogP contribution is 2.30. The van der Waals surface area contributed by atoms with Crippen LogP contribution in [0.3, 0.4) is 0 Å². The van der Waals surface area contributed by atoms with Gasteiger partial charge in [0.1, 0.15) is 17.8 Å². The Labute approximate surface area is 173 Å². The smallest absolute Gasteiger partial charge is 0.416 e. The van der Waals surface area contributed by atoms with Crippen LogP contribution in [0.15, 0.2) is 47.5 Å². The minimum absolute atomic E-state index is 0.143. The number of hydrogen-bond donors (Lipinski definition) is 0. The van der Waals surface area contributed by atoms with Crippen LogP contribution in [0.4, 0.5) is 13.2 Å². The molecular formula is C20H17F3N2O4S. The lowest BCUT2D eigenvalue weighted by Gasteiger charge is -2.09. The number of para-hydroxylation sites is 1. The quantitative estimate of drug-likeness (QED) is 0.564. The molecule has 0 spiro atoms. The summed E-state index contributed by atoms with van der Waals surface area (Å²) in [6.07, 6.45) is -4.58. The zero-order valence-electron chi connectivity index (χ0n) is 16.0. The molecule has 1 amide bonds. The van der Waals surface area contributed by atoms with E-state index in [1.165, 1.54) is 17.7 Å². The first-order valence-corrected chi connectivity index (χ1v) is 9.64. The van der Waals surface area contributed by atoms with Gasteiger partial charge in [-0.3, -0.25) is 9.59 Å². The van der Waals surface area contributed by atoms with E-state index in [0.717, 1.165) is 29.5 Å². The van der Waals surface area contributed by atoms with E-state index < -0.39 is 23.6 Å². The predicted octanol–water partition coefficient (Wildman–Crippen LogP) is 4.03. The number of alkyl halides is 3. The van der Waals surface area contributed by atoms with Crippen LogP contribution in [0, 0.1) is 0 Å². The normalized spacial score (nSPS) is 12.2. The Kier molecular flexibility index (Phi) is 6.25. The van der Waals surface area contributed by atoms with E-state index in [1.807, 2.05) is 0 Å². The van der Waals surface area contributed by atoms with E-state index in [1.54, 1.807) is 25.1 Å². The van der Waals surface area contributed by atoms with Gasteiger partial charge in [0.05, 0.1) is 24.0 Å². The Morgan fingerprint density at radius 1 is 1.17 bits per heavy atom. The second kappa shape index (κ2) is 8.70. The fraction of sp³-hybridized carbons (Fsp3) is 0.250. The van der Waals surface area contributed by atoms with Crippen LogP contribution in [-0.4, -0.2) is 30.2 Å². The van der Waals surface area contributed by atoms with E-state index in [9.17, 15) is 22.8 Å². The molecule has 0 unspecified atom stereocenters. The van der Waals surface area contributed by atoms with E-state index in [2.05, 4.69) is 4.99 Å². The van der Waals surface area contributed by atoms with E-state index in [4.69, 9.17) is 9.47 Å². The molecule has 0 saturated carbocycles. The van der Waals surface area contributed by atoms with Gasteiger partial charge in [0.15, 0.2) is 4.80 Å². The van der Waals surface area contributed by atoms with Crippen molar-refractivity contribution in [3.8, 4) is 5.75 Å². The van der Waals surface area contributed by atoms with Crippen molar-refractivity contribution in [3.63, 3.8) is 0 Å². The SMILES string of the molecule is CCOc1cccc2sc(=NC(=O)c3cccc(C(F)(F)F)c3)n(CC(=O)OC)c12. The number of carbonyl (C=O) groups is 2. The molecule has 0 atom stereocenters.